The van der Waals surface area contributed by atoms with Crippen molar-refractivity contribution in [1.29, 1.82) is 5.26 Å². The molecule has 1 saturated heterocycles. The minimum absolute atomic E-state index is 0.0109. The van der Waals surface area contributed by atoms with Crippen molar-refractivity contribution < 1.29 is 14.3 Å². The van der Waals surface area contributed by atoms with E-state index in [1.165, 1.54) is 6.20 Å². The van der Waals surface area contributed by atoms with Gasteiger partial charge in [0.25, 0.3) is 5.91 Å². The summed E-state index contributed by atoms with van der Waals surface area (Å²) in [6.07, 6.45) is 2.59. The van der Waals surface area contributed by atoms with E-state index in [1.54, 1.807) is 24.0 Å². The Morgan fingerprint density at radius 2 is 2.00 bits per heavy atom. The molecule has 27 heavy (non-hydrogen) atoms. The molecule has 8 heteroatoms. The van der Waals surface area contributed by atoms with Crippen LogP contribution >= 0.6 is 11.6 Å². The Morgan fingerprint density at radius 3 is 2.59 bits per heavy atom. The molecule has 1 aromatic carbocycles. The minimum atomic E-state index is -0.441. The van der Waals surface area contributed by atoms with Crippen LogP contribution in [0.15, 0.2) is 36.0 Å². The average molecular weight is 391 g/mol. The lowest BCUT2D eigenvalue weighted by molar-refractivity contribution is -0.117. The Hall–Kier alpha value is -2.72. The van der Waals surface area contributed by atoms with Crippen LogP contribution in [-0.4, -0.2) is 42.6 Å². The number of piperidine rings is 1. The number of likely N-dealkylation sites (tertiary alicyclic amines) is 1. The van der Waals surface area contributed by atoms with E-state index in [0.717, 1.165) is 18.4 Å². The Balaban J connectivity index is 1.80. The van der Waals surface area contributed by atoms with Crippen molar-refractivity contribution in [2.24, 2.45) is 0 Å². The number of halogens is 1. The van der Waals surface area contributed by atoms with Gasteiger partial charge in [-0.1, -0.05) is 23.7 Å². The summed E-state index contributed by atoms with van der Waals surface area (Å²) in [5.41, 5.74) is 0.904. The normalized spacial score (nSPS) is 15.0. The molecule has 2 rings (SSSR count). The van der Waals surface area contributed by atoms with Crippen LogP contribution in [0.25, 0.3) is 0 Å². The molecule has 0 spiro atoms. The highest BCUT2D eigenvalue weighted by Gasteiger charge is 2.23. The predicted octanol–water partition coefficient (Wildman–Crippen LogP) is 2.57. The molecule has 0 aliphatic carbocycles. The maximum absolute atomic E-state index is 12.2. The third-order valence-corrected chi connectivity index (χ3v) is 4.47. The SMILES string of the molecule is CCOC(=O)N1CCC(N/C=C(/C#N)C(=O)NCc2ccc(Cl)cc2)CC1. The van der Waals surface area contributed by atoms with Gasteiger partial charge in [-0.15, -0.1) is 0 Å². The topological polar surface area (TPSA) is 94.5 Å². The summed E-state index contributed by atoms with van der Waals surface area (Å²) in [6.45, 7) is 3.60. The third kappa shape index (κ3) is 6.50. The van der Waals surface area contributed by atoms with Gasteiger partial charge in [0.2, 0.25) is 0 Å². The molecule has 2 N–H and O–H groups in total. The molecule has 0 atom stereocenters. The van der Waals surface area contributed by atoms with Crippen LogP contribution < -0.4 is 10.6 Å². The highest BCUT2D eigenvalue weighted by atomic mass is 35.5. The van der Waals surface area contributed by atoms with E-state index in [0.29, 0.717) is 31.3 Å². The van der Waals surface area contributed by atoms with Crippen molar-refractivity contribution in [1.82, 2.24) is 15.5 Å². The van der Waals surface area contributed by atoms with E-state index < -0.39 is 5.91 Å². The molecule has 144 valence electrons. The molecule has 1 aliphatic heterocycles. The second-order valence-corrected chi connectivity index (χ2v) is 6.54. The number of hydrogen-bond donors (Lipinski definition) is 2. The molecule has 0 unspecified atom stereocenters. The first kappa shape index (κ1) is 20.6. The van der Waals surface area contributed by atoms with Crippen LogP contribution in [0.5, 0.6) is 0 Å². The van der Waals surface area contributed by atoms with Gasteiger partial charge < -0.3 is 20.3 Å². The van der Waals surface area contributed by atoms with Crippen molar-refractivity contribution >= 4 is 23.6 Å². The molecule has 7 nitrogen and oxygen atoms in total. The molecule has 0 bridgehead atoms. The lowest BCUT2D eigenvalue weighted by Crippen LogP contribution is -2.44. The first-order valence-electron chi connectivity index (χ1n) is 8.84. The number of benzene rings is 1. The zero-order valence-electron chi connectivity index (χ0n) is 15.2. The summed E-state index contributed by atoms with van der Waals surface area (Å²) >= 11 is 5.83. The molecular weight excluding hydrogens is 368 g/mol. The Bertz CT molecular complexity index is 719. The van der Waals surface area contributed by atoms with Gasteiger partial charge in [-0.3, -0.25) is 4.79 Å². The van der Waals surface area contributed by atoms with Gasteiger partial charge in [0, 0.05) is 36.9 Å². The predicted molar refractivity (Wildman–Crippen MR) is 102 cm³/mol. The second-order valence-electron chi connectivity index (χ2n) is 6.11. The van der Waals surface area contributed by atoms with Gasteiger partial charge in [-0.05, 0) is 37.5 Å². The van der Waals surface area contributed by atoms with Gasteiger partial charge in [0.05, 0.1) is 6.61 Å². The number of hydrogen-bond acceptors (Lipinski definition) is 5. The fourth-order valence-corrected chi connectivity index (χ4v) is 2.80. The maximum atomic E-state index is 12.2. The molecule has 2 amide bonds. The number of carbonyl (C=O) groups is 2. The molecular formula is C19H23ClN4O3. The monoisotopic (exact) mass is 390 g/mol. The smallest absolute Gasteiger partial charge is 0.409 e. The van der Waals surface area contributed by atoms with E-state index >= 15 is 0 Å². The molecule has 1 aromatic rings. The van der Waals surface area contributed by atoms with Gasteiger partial charge in [-0.2, -0.15) is 5.26 Å². The van der Waals surface area contributed by atoms with Gasteiger partial charge in [-0.25, -0.2) is 4.79 Å². The van der Waals surface area contributed by atoms with Crippen molar-refractivity contribution in [2.45, 2.75) is 32.4 Å². The van der Waals surface area contributed by atoms with E-state index in [4.69, 9.17) is 16.3 Å². The van der Waals surface area contributed by atoms with Crippen molar-refractivity contribution in [3.8, 4) is 6.07 Å². The van der Waals surface area contributed by atoms with Crippen molar-refractivity contribution in [2.75, 3.05) is 19.7 Å². The van der Waals surface area contributed by atoms with E-state index in [2.05, 4.69) is 10.6 Å². The van der Waals surface area contributed by atoms with E-state index in [-0.39, 0.29) is 17.7 Å². The van der Waals surface area contributed by atoms with Crippen molar-refractivity contribution in [3.05, 3.63) is 46.6 Å². The minimum Gasteiger partial charge on any atom is -0.450 e. The first-order chi connectivity index (χ1) is 13.0. The summed E-state index contributed by atoms with van der Waals surface area (Å²) in [6, 6.07) is 9.13. The number of nitrogens with one attached hydrogen (secondary N) is 2. The standard InChI is InChI=1S/C19H23ClN4O3/c1-2-27-19(26)24-9-7-17(8-10-24)22-13-15(11-21)18(25)23-12-14-3-5-16(20)6-4-14/h3-6,13,17,22H,2,7-10,12H2,1H3,(H,23,25)/b15-13-. The maximum Gasteiger partial charge on any atom is 0.409 e. The van der Waals surface area contributed by atoms with Crippen molar-refractivity contribution in [3.63, 3.8) is 0 Å². The number of amides is 2. The Labute approximate surface area is 163 Å². The van der Waals surface area contributed by atoms with Gasteiger partial charge in [0.1, 0.15) is 11.6 Å². The highest BCUT2D eigenvalue weighted by molar-refractivity contribution is 6.30. The van der Waals surface area contributed by atoms with Crippen LogP contribution in [0.2, 0.25) is 5.02 Å². The van der Waals surface area contributed by atoms with E-state index in [9.17, 15) is 14.9 Å². The van der Waals surface area contributed by atoms with Gasteiger partial charge in [0.15, 0.2) is 0 Å². The number of rotatable bonds is 6. The molecule has 0 saturated carbocycles. The van der Waals surface area contributed by atoms with Crippen LogP contribution in [0, 0.1) is 11.3 Å². The zero-order valence-corrected chi connectivity index (χ0v) is 16.0. The summed E-state index contributed by atoms with van der Waals surface area (Å²) in [4.78, 5) is 25.5. The third-order valence-electron chi connectivity index (χ3n) is 4.22. The molecule has 1 fully saturated rings. The lowest BCUT2D eigenvalue weighted by Gasteiger charge is -2.31. The average Bonchev–Trinajstić information content (AvgIpc) is 2.68. The molecule has 1 aliphatic rings. The number of nitrogens with zero attached hydrogens (tertiary/aromatic N) is 2. The van der Waals surface area contributed by atoms with Crippen LogP contribution in [0.3, 0.4) is 0 Å². The summed E-state index contributed by atoms with van der Waals surface area (Å²) in [7, 11) is 0. The Kier molecular flexibility index (Phi) is 7.96. The molecule has 0 aromatic heterocycles. The summed E-state index contributed by atoms with van der Waals surface area (Å²) < 4.78 is 4.98. The lowest BCUT2D eigenvalue weighted by atomic mass is 10.1. The summed E-state index contributed by atoms with van der Waals surface area (Å²) in [5, 5.41) is 15.7. The first-order valence-corrected chi connectivity index (χ1v) is 9.22. The second kappa shape index (κ2) is 10.4. The fourth-order valence-electron chi connectivity index (χ4n) is 2.67. The largest absolute Gasteiger partial charge is 0.450 e. The summed E-state index contributed by atoms with van der Waals surface area (Å²) in [5.74, 6) is -0.441. The van der Waals surface area contributed by atoms with Crippen LogP contribution in [-0.2, 0) is 16.1 Å². The fraction of sp³-hybridized carbons (Fsp3) is 0.421. The van der Waals surface area contributed by atoms with Gasteiger partial charge >= 0.3 is 6.09 Å². The number of ether oxygens (including phenoxy) is 1. The van der Waals surface area contributed by atoms with Crippen LogP contribution in [0.1, 0.15) is 25.3 Å². The van der Waals surface area contributed by atoms with E-state index in [1.807, 2.05) is 18.2 Å². The zero-order chi connectivity index (χ0) is 19.6. The molecule has 1 heterocycles. The Morgan fingerprint density at radius 1 is 1.33 bits per heavy atom. The number of carbonyl (C=O) groups excluding carboxylic acids is 2. The highest BCUT2D eigenvalue weighted by Crippen LogP contribution is 2.12. The van der Waals surface area contributed by atoms with Crippen LogP contribution in [0.4, 0.5) is 4.79 Å². The quantitative estimate of drug-likeness (QED) is 0.575. The number of nitriles is 1. The molecule has 0 radical (unpaired) electrons.